The van der Waals surface area contributed by atoms with E-state index < -0.39 is 15.8 Å². The second kappa shape index (κ2) is 8.11. The van der Waals surface area contributed by atoms with Crippen molar-refractivity contribution < 1.29 is 13.2 Å². The molecule has 4 rings (SSSR count). The van der Waals surface area contributed by atoms with Crippen LogP contribution in [-0.2, 0) is 14.8 Å². The first kappa shape index (κ1) is 20.4. The number of nitrogens with one attached hydrogen (secondary N) is 1. The van der Waals surface area contributed by atoms with Crippen molar-refractivity contribution in [3.05, 3.63) is 18.6 Å². The van der Waals surface area contributed by atoms with Crippen LogP contribution >= 0.6 is 11.8 Å². The number of hydrogen-bond acceptors (Lipinski definition) is 7. The van der Waals surface area contributed by atoms with Crippen LogP contribution in [0.25, 0.3) is 11.0 Å². The average molecular weight is 439 g/mol. The zero-order valence-corrected chi connectivity index (χ0v) is 18.2. The highest BCUT2D eigenvalue weighted by molar-refractivity contribution is 8.00. The van der Waals surface area contributed by atoms with Crippen LogP contribution in [0.2, 0.25) is 0 Å². The molecule has 0 bridgehead atoms. The van der Waals surface area contributed by atoms with E-state index in [0.717, 1.165) is 29.0 Å². The van der Waals surface area contributed by atoms with Gasteiger partial charge in [-0.1, -0.05) is 6.92 Å². The third-order valence-corrected chi connectivity index (χ3v) is 8.69. The molecule has 2 saturated heterocycles. The Morgan fingerprint density at radius 2 is 2.21 bits per heavy atom. The number of amides is 1. The van der Waals surface area contributed by atoms with E-state index in [2.05, 4.69) is 26.8 Å². The summed E-state index contributed by atoms with van der Waals surface area (Å²) in [6.45, 7) is 3.72. The third kappa shape index (κ3) is 4.08. The van der Waals surface area contributed by atoms with Gasteiger partial charge < -0.3 is 14.8 Å². The fourth-order valence-electron chi connectivity index (χ4n) is 4.03. The van der Waals surface area contributed by atoms with Crippen molar-refractivity contribution in [2.75, 3.05) is 49.0 Å². The van der Waals surface area contributed by atoms with Crippen molar-refractivity contribution in [1.29, 1.82) is 0 Å². The Hall–Kier alpha value is -1.85. The number of rotatable bonds is 5. The molecule has 0 aliphatic carbocycles. The lowest BCUT2D eigenvalue weighted by Crippen LogP contribution is -2.54. The normalized spacial score (nSPS) is 23.6. The molecule has 2 aliphatic rings. The zero-order valence-electron chi connectivity index (χ0n) is 16.6. The molecule has 1 amide bonds. The van der Waals surface area contributed by atoms with Crippen LogP contribution in [0, 0.1) is 5.92 Å². The maximum atomic E-state index is 12.8. The minimum absolute atomic E-state index is 0.0470. The number of piperidine rings is 1. The second-order valence-corrected chi connectivity index (χ2v) is 10.7. The number of fused-ring (bicyclic) bond motifs is 1. The lowest BCUT2D eigenvalue weighted by atomic mass is 9.92. The SMILES string of the molecule is CC1CCN(C(=O)CS(=O)(=O)N2CCSC2)CC1N(C)c1ncnc2[nH]ccc12. The van der Waals surface area contributed by atoms with E-state index in [-0.39, 0.29) is 11.9 Å². The van der Waals surface area contributed by atoms with Crippen molar-refractivity contribution in [3.8, 4) is 0 Å². The first-order valence-corrected chi connectivity index (χ1v) is 12.5. The molecule has 2 aliphatic heterocycles. The number of likely N-dealkylation sites (N-methyl/N-ethyl adjacent to an activating group) is 1. The van der Waals surface area contributed by atoms with E-state index in [9.17, 15) is 13.2 Å². The largest absolute Gasteiger partial charge is 0.354 e. The molecule has 0 saturated carbocycles. The second-order valence-electron chi connectivity index (χ2n) is 7.69. The third-order valence-electron chi connectivity index (χ3n) is 5.86. The minimum Gasteiger partial charge on any atom is -0.354 e. The number of aromatic amines is 1. The maximum Gasteiger partial charge on any atom is 0.239 e. The standard InChI is InChI=1S/C18H26N6O3S2/c1-13-4-6-23(16(25)10-29(26,27)24-7-8-28-12-24)9-15(13)22(2)18-14-3-5-19-17(14)20-11-21-18/h3,5,11,13,15H,4,6-10,12H2,1-2H3,(H,19,20,21). The maximum absolute atomic E-state index is 12.8. The highest BCUT2D eigenvalue weighted by atomic mass is 32.2. The van der Waals surface area contributed by atoms with Crippen molar-refractivity contribution in [1.82, 2.24) is 24.2 Å². The summed E-state index contributed by atoms with van der Waals surface area (Å²) in [5.74, 6) is 1.62. The van der Waals surface area contributed by atoms with Crippen LogP contribution in [0.3, 0.4) is 0 Å². The Morgan fingerprint density at radius 1 is 1.38 bits per heavy atom. The molecule has 9 nitrogen and oxygen atoms in total. The number of carbonyl (C=O) groups excluding carboxylic acids is 1. The van der Waals surface area contributed by atoms with Gasteiger partial charge in [0.15, 0.2) is 0 Å². The summed E-state index contributed by atoms with van der Waals surface area (Å²) in [7, 11) is -1.58. The first-order valence-electron chi connectivity index (χ1n) is 9.71. The summed E-state index contributed by atoms with van der Waals surface area (Å²) >= 11 is 1.58. The number of sulfonamides is 1. The number of anilines is 1. The summed E-state index contributed by atoms with van der Waals surface area (Å²) in [6, 6.07) is 1.99. The molecule has 0 aromatic carbocycles. The van der Waals surface area contributed by atoms with Gasteiger partial charge in [0.2, 0.25) is 15.9 Å². The highest BCUT2D eigenvalue weighted by Gasteiger charge is 2.35. The summed E-state index contributed by atoms with van der Waals surface area (Å²) in [4.78, 5) is 28.4. The molecule has 2 aromatic rings. The number of thioether (sulfide) groups is 1. The van der Waals surface area contributed by atoms with Gasteiger partial charge in [-0.15, -0.1) is 11.8 Å². The van der Waals surface area contributed by atoms with Gasteiger partial charge in [-0.25, -0.2) is 18.4 Å². The fraction of sp³-hybridized carbons (Fsp3) is 0.611. The Morgan fingerprint density at radius 3 is 2.97 bits per heavy atom. The topological polar surface area (TPSA) is 102 Å². The van der Waals surface area contributed by atoms with Gasteiger partial charge in [0.25, 0.3) is 0 Å². The highest BCUT2D eigenvalue weighted by Crippen LogP contribution is 2.29. The summed E-state index contributed by atoms with van der Waals surface area (Å²) in [6.07, 6.45) is 4.18. The molecule has 11 heteroatoms. The van der Waals surface area contributed by atoms with Crippen LogP contribution in [0.15, 0.2) is 18.6 Å². The molecule has 2 aromatic heterocycles. The number of H-pyrrole nitrogens is 1. The van der Waals surface area contributed by atoms with Crippen LogP contribution in [0.4, 0.5) is 5.82 Å². The van der Waals surface area contributed by atoms with Crippen LogP contribution in [0.1, 0.15) is 13.3 Å². The Kier molecular flexibility index (Phi) is 5.71. The van der Waals surface area contributed by atoms with E-state index in [1.165, 1.54) is 10.6 Å². The monoisotopic (exact) mass is 438 g/mol. The predicted octanol–water partition coefficient (Wildman–Crippen LogP) is 0.967. The van der Waals surface area contributed by atoms with Crippen molar-refractivity contribution in [2.24, 2.45) is 5.92 Å². The molecular formula is C18H26N6O3S2. The Bertz CT molecular complexity index is 988. The molecule has 29 heavy (non-hydrogen) atoms. The van der Waals surface area contributed by atoms with Crippen LogP contribution in [-0.4, -0.2) is 88.6 Å². The van der Waals surface area contributed by atoms with Gasteiger partial charge >= 0.3 is 0 Å². The van der Waals surface area contributed by atoms with Crippen LogP contribution < -0.4 is 4.90 Å². The van der Waals surface area contributed by atoms with E-state index in [0.29, 0.717) is 31.4 Å². The van der Waals surface area contributed by atoms with Crippen molar-refractivity contribution >= 4 is 44.5 Å². The van der Waals surface area contributed by atoms with Gasteiger partial charge in [0.1, 0.15) is 23.5 Å². The molecule has 1 N–H and O–H groups in total. The Balaban J connectivity index is 1.49. The van der Waals surface area contributed by atoms with Gasteiger partial charge in [-0.2, -0.15) is 4.31 Å². The molecule has 4 heterocycles. The predicted molar refractivity (Wildman–Crippen MR) is 114 cm³/mol. The summed E-state index contributed by atoms with van der Waals surface area (Å²) < 4.78 is 26.5. The molecular weight excluding hydrogens is 412 g/mol. The zero-order chi connectivity index (χ0) is 20.6. The number of likely N-dealkylation sites (tertiary alicyclic amines) is 1. The van der Waals surface area contributed by atoms with Gasteiger partial charge in [-0.3, -0.25) is 4.79 Å². The van der Waals surface area contributed by atoms with Gasteiger partial charge in [0, 0.05) is 38.6 Å². The molecule has 2 atom stereocenters. The number of aromatic nitrogens is 3. The van der Waals surface area contributed by atoms with Crippen molar-refractivity contribution in [3.63, 3.8) is 0 Å². The summed E-state index contributed by atoms with van der Waals surface area (Å²) in [5.41, 5.74) is 0.771. The smallest absolute Gasteiger partial charge is 0.239 e. The quantitative estimate of drug-likeness (QED) is 0.742. The van der Waals surface area contributed by atoms with E-state index >= 15 is 0 Å². The Labute approximate surface area is 174 Å². The van der Waals surface area contributed by atoms with Crippen LogP contribution in [0.5, 0.6) is 0 Å². The number of hydrogen-bond donors (Lipinski definition) is 1. The van der Waals surface area contributed by atoms with E-state index in [1.807, 2.05) is 19.3 Å². The number of nitrogens with zero attached hydrogens (tertiary/aromatic N) is 5. The fourth-order valence-corrected chi connectivity index (χ4v) is 6.87. The van der Waals surface area contributed by atoms with E-state index in [1.54, 1.807) is 16.7 Å². The van der Waals surface area contributed by atoms with E-state index in [4.69, 9.17) is 0 Å². The molecule has 0 radical (unpaired) electrons. The molecule has 2 fully saturated rings. The first-order chi connectivity index (χ1) is 13.9. The lowest BCUT2D eigenvalue weighted by molar-refractivity contribution is -0.130. The van der Waals surface area contributed by atoms with Gasteiger partial charge in [-0.05, 0) is 18.4 Å². The lowest BCUT2D eigenvalue weighted by Gasteiger charge is -2.42. The van der Waals surface area contributed by atoms with Crippen molar-refractivity contribution in [2.45, 2.75) is 19.4 Å². The molecule has 0 spiro atoms. The summed E-state index contributed by atoms with van der Waals surface area (Å²) in [5, 5.41) is 0.930. The molecule has 158 valence electrons. The minimum atomic E-state index is -3.55. The number of carbonyl (C=O) groups is 1. The van der Waals surface area contributed by atoms with Gasteiger partial charge in [0.05, 0.1) is 17.3 Å². The molecule has 2 unspecified atom stereocenters. The average Bonchev–Trinajstić information content (AvgIpc) is 3.39.